The molecule has 0 unspecified atom stereocenters. The van der Waals surface area contributed by atoms with E-state index in [1.54, 1.807) is 35.6 Å². The molecule has 2 nitrogen and oxygen atoms in total. The molecule has 0 aliphatic heterocycles. The van der Waals surface area contributed by atoms with Crippen molar-refractivity contribution in [2.24, 2.45) is 0 Å². The molecule has 0 radical (unpaired) electrons. The SMILES string of the molecule is O=C(CN(Cc1ccsc1)C1CC1)c1ccc(Cl)cc1. The van der Waals surface area contributed by atoms with E-state index in [1.165, 1.54) is 18.4 Å². The van der Waals surface area contributed by atoms with E-state index in [-0.39, 0.29) is 5.78 Å². The van der Waals surface area contributed by atoms with E-state index in [9.17, 15) is 4.79 Å². The van der Waals surface area contributed by atoms with E-state index in [4.69, 9.17) is 11.6 Å². The molecule has 0 amide bonds. The number of benzene rings is 1. The first kappa shape index (κ1) is 13.8. The van der Waals surface area contributed by atoms with Crippen molar-refractivity contribution in [2.75, 3.05) is 6.54 Å². The van der Waals surface area contributed by atoms with E-state index in [1.807, 2.05) is 0 Å². The Balaban J connectivity index is 1.67. The summed E-state index contributed by atoms with van der Waals surface area (Å²) in [5.41, 5.74) is 2.04. The van der Waals surface area contributed by atoms with Crippen LogP contribution in [0.5, 0.6) is 0 Å². The lowest BCUT2D eigenvalue weighted by atomic mass is 10.1. The van der Waals surface area contributed by atoms with Crippen LogP contribution in [-0.2, 0) is 6.54 Å². The highest BCUT2D eigenvalue weighted by Crippen LogP contribution is 2.29. The molecule has 3 rings (SSSR count). The largest absolute Gasteiger partial charge is 0.293 e. The highest BCUT2D eigenvalue weighted by atomic mass is 35.5. The number of hydrogen-bond donors (Lipinski definition) is 0. The number of hydrogen-bond acceptors (Lipinski definition) is 3. The molecule has 1 aromatic heterocycles. The van der Waals surface area contributed by atoms with Crippen molar-refractivity contribution < 1.29 is 4.79 Å². The zero-order valence-electron chi connectivity index (χ0n) is 11.1. The van der Waals surface area contributed by atoms with Crippen LogP contribution in [0.25, 0.3) is 0 Å². The van der Waals surface area contributed by atoms with Crippen LogP contribution < -0.4 is 0 Å². The number of Topliss-reactive ketones (excluding diaryl/α,β-unsaturated/α-hetero) is 1. The number of rotatable bonds is 6. The molecule has 0 bridgehead atoms. The van der Waals surface area contributed by atoms with Crippen LogP contribution in [0.1, 0.15) is 28.8 Å². The van der Waals surface area contributed by atoms with Gasteiger partial charge in [-0.2, -0.15) is 11.3 Å². The molecule has 0 atom stereocenters. The number of ketones is 1. The molecular formula is C16H16ClNOS. The summed E-state index contributed by atoms with van der Waals surface area (Å²) in [6.07, 6.45) is 2.41. The quantitative estimate of drug-likeness (QED) is 0.744. The van der Waals surface area contributed by atoms with Gasteiger partial charge >= 0.3 is 0 Å². The lowest BCUT2D eigenvalue weighted by Gasteiger charge is -2.20. The minimum atomic E-state index is 0.170. The van der Waals surface area contributed by atoms with Gasteiger partial charge in [0.05, 0.1) is 6.54 Å². The fraction of sp³-hybridized carbons (Fsp3) is 0.312. The number of thiophene rings is 1. The summed E-state index contributed by atoms with van der Waals surface area (Å²) in [6.45, 7) is 1.36. The molecule has 2 aromatic rings. The Bertz CT molecular complexity index is 575. The molecule has 4 heteroatoms. The van der Waals surface area contributed by atoms with Gasteiger partial charge in [0.2, 0.25) is 0 Å². The second kappa shape index (κ2) is 6.08. The smallest absolute Gasteiger partial charge is 0.176 e. The van der Waals surface area contributed by atoms with Crippen LogP contribution in [0.3, 0.4) is 0 Å². The van der Waals surface area contributed by atoms with Gasteiger partial charge in [-0.15, -0.1) is 0 Å². The Hall–Kier alpha value is -1.16. The molecule has 1 aromatic carbocycles. The maximum Gasteiger partial charge on any atom is 0.176 e. The molecule has 0 spiro atoms. The van der Waals surface area contributed by atoms with E-state index >= 15 is 0 Å². The van der Waals surface area contributed by atoms with Crippen molar-refractivity contribution >= 4 is 28.7 Å². The Labute approximate surface area is 128 Å². The molecule has 104 valence electrons. The van der Waals surface area contributed by atoms with Crippen LogP contribution in [0.15, 0.2) is 41.1 Å². The zero-order chi connectivity index (χ0) is 13.9. The molecule has 1 heterocycles. The Kier molecular flexibility index (Phi) is 4.20. The third kappa shape index (κ3) is 3.48. The van der Waals surface area contributed by atoms with Crippen molar-refractivity contribution in [1.29, 1.82) is 0 Å². The van der Waals surface area contributed by atoms with Crippen LogP contribution >= 0.6 is 22.9 Å². The second-order valence-electron chi connectivity index (χ2n) is 5.20. The summed E-state index contributed by atoms with van der Waals surface area (Å²) in [5.74, 6) is 0.170. The van der Waals surface area contributed by atoms with E-state index in [2.05, 4.69) is 21.7 Å². The summed E-state index contributed by atoms with van der Waals surface area (Å²) in [7, 11) is 0. The molecule has 1 fully saturated rings. The Morgan fingerprint density at radius 1 is 1.25 bits per heavy atom. The monoisotopic (exact) mass is 305 g/mol. The highest BCUT2D eigenvalue weighted by Gasteiger charge is 2.30. The van der Waals surface area contributed by atoms with Crippen molar-refractivity contribution in [3.8, 4) is 0 Å². The molecule has 1 saturated carbocycles. The zero-order valence-corrected chi connectivity index (χ0v) is 12.7. The van der Waals surface area contributed by atoms with Crippen LogP contribution in [-0.4, -0.2) is 23.3 Å². The van der Waals surface area contributed by atoms with Gasteiger partial charge in [0, 0.05) is 23.2 Å². The van der Waals surface area contributed by atoms with Crippen molar-refractivity contribution in [2.45, 2.75) is 25.4 Å². The summed E-state index contributed by atoms with van der Waals surface area (Å²) in [5, 5.41) is 4.91. The summed E-state index contributed by atoms with van der Waals surface area (Å²) in [4.78, 5) is 14.6. The normalized spacial score (nSPS) is 14.7. The molecule has 20 heavy (non-hydrogen) atoms. The first-order valence-corrected chi connectivity index (χ1v) is 8.08. The number of carbonyl (C=O) groups is 1. The molecule has 0 N–H and O–H groups in total. The third-order valence-corrected chi connectivity index (χ3v) is 4.53. The Morgan fingerprint density at radius 2 is 2.00 bits per heavy atom. The van der Waals surface area contributed by atoms with Gasteiger partial charge in [-0.05, 0) is 59.5 Å². The predicted octanol–water partition coefficient (Wildman–Crippen LogP) is 4.25. The van der Waals surface area contributed by atoms with Crippen LogP contribution in [0, 0.1) is 0 Å². The molecule has 1 aliphatic rings. The topological polar surface area (TPSA) is 20.3 Å². The number of halogens is 1. The van der Waals surface area contributed by atoms with E-state index in [0.29, 0.717) is 17.6 Å². The van der Waals surface area contributed by atoms with Gasteiger partial charge in [0.1, 0.15) is 0 Å². The van der Waals surface area contributed by atoms with E-state index < -0.39 is 0 Å². The van der Waals surface area contributed by atoms with E-state index in [0.717, 1.165) is 12.1 Å². The van der Waals surface area contributed by atoms with Gasteiger partial charge in [0.15, 0.2) is 5.78 Å². The number of carbonyl (C=O) groups excluding carboxylic acids is 1. The Morgan fingerprint density at radius 3 is 2.60 bits per heavy atom. The van der Waals surface area contributed by atoms with Gasteiger partial charge in [-0.25, -0.2) is 0 Å². The summed E-state index contributed by atoms with van der Waals surface area (Å²) < 4.78 is 0. The van der Waals surface area contributed by atoms with Gasteiger partial charge in [-0.1, -0.05) is 11.6 Å². The molecule has 0 saturated heterocycles. The van der Waals surface area contributed by atoms with Gasteiger partial charge in [0.25, 0.3) is 0 Å². The number of nitrogens with zero attached hydrogens (tertiary/aromatic N) is 1. The fourth-order valence-corrected chi connectivity index (χ4v) is 3.07. The molecular weight excluding hydrogens is 290 g/mol. The average molecular weight is 306 g/mol. The fourth-order valence-electron chi connectivity index (χ4n) is 2.28. The maximum atomic E-state index is 12.3. The second-order valence-corrected chi connectivity index (χ2v) is 6.41. The predicted molar refractivity (Wildman–Crippen MR) is 83.5 cm³/mol. The molecule has 1 aliphatic carbocycles. The average Bonchev–Trinajstić information content (AvgIpc) is 3.17. The van der Waals surface area contributed by atoms with Crippen LogP contribution in [0.2, 0.25) is 5.02 Å². The van der Waals surface area contributed by atoms with Crippen molar-refractivity contribution in [3.63, 3.8) is 0 Å². The van der Waals surface area contributed by atoms with Gasteiger partial charge < -0.3 is 0 Å². The minimum absolute atomic E-state index is 0.170. The van der Waals surface area contributed by atoms with Crippen LogP contribution in [0.4, 0.5) is 0 Å². The summed E-state index contributed by atoms with van der Waals surface area (Å²) >= 11 is 7.56. The standard InChI is InChI=1S/C16H16ClNOS/c17-14-3-1-13(2-4-14)16(19)10-18(15-5-6-15)9-12-7-8-20-11-12/h1-4,7-8,11,15H,5-6,9-10H2. The summed E-state index contributed by atoms with van der Waals surface area (Å²) in [6, 6.07) is 9.86. The van der Waals surface area contributed by atoms with Crippen molar-refractivity contribution in [1.82, 2.24) is 4.90 Å². The first-order chi connectivity index (χ1) is 9.72. The maximum absolute atomic E-state index is 12.3. The van der Waals surface area contributed by atoms with Crippen molar-refractivity contribution in [3.05, 3.63) is 57.2 Å². The third-order valence-electron chi connectivity index (χ3n) is 3.54. The minimum Gasteiger partial charge on any atom is -0.293 e. The lowest BCUT2D eigenvalue weighted by molar-refractivity contribution is 0.0919. The highest BCUT2D eigenvalue weighted by molar-refractivity contribution is 7.07. The van der Waals surface area contributed by atoms with Gasteiger partial charge in [-0.3, -0.25) is 9.69 Å². The lowest BCUT2D eigenvalue weighted by Crippen LogP contribution is -2.31. The first-order valence-electron chi connectivity index (χ1n) is 6.76.